The van der Waals surface area contributed by atoms with E-state index in [1.807, 2.05) is 0 Å². The van der Waals surface area contributed by atoms with Crippen LogP contribution in [0.4, 0.5) is 0 Å². The average Bonchev–Trinajstić information content (AvgIpc) is 2.01. The summed E-state index contributed by atoms with van der Waals surface area (Å²) in [6, 6.07) is 0.963. The Morgan fingerprint density at radius 3 is 2.93 bits per heavy atom. The largest absolute Gasteiger partial charge is 0.309 e. The summed E-state index contributed by atoms with van der Waals surface area (Å²) in [7, 11) is 1.48. The molecule has 1 rings (SSSR count). The van der Waals surface area contributed by atoms with Gasteiger partial charge >= 0.3 is 0 Å². The highest BCUT2D eigenvalue weighted by atomic mass is 32.2. The molecule has 0 radical (unpaired) electrons. The van der Waals surface area contributed by atoms with Gasteiger partial charge in [-0.1, -0.05) is 0 Å². The Kier molecular flexibility index (Phi) is 5.06. The van der Waals surface area contributed by atoms with Crippen LogP contribution in [0.25, 0.3) is 0 Å². The summed E-state index contributed by atoms with van der Waals surface area (Å²) in [5.74, 6) is 0.764. The third kappa shape index (κ3) is 4.53. The Morgan fingerprint density at radius 1 is 1.64 bits per heavy atom. The van der Waals surface area contributed by atoms with E-state index < -0.39 is 10.8 Å². The lowest BCUT2D eigenvalue weighted by Gasteiger charge is -2.32. The van der Waals surface area contributed by atoms with E-state index in [2.05, 4.69) is 24.2 Å². The number of piperidine rings is 1. The second-order valence-electron chi connectivity index (χ2n) is 4.41. The molecular weight excluding hydrogens is 196 g/mol. The van der Waals surface area contributed by atoms with E-state index >= 15 is 0 Å². The normalized spacial score (nSPS) is 28.6. The van der Waals surface area contributed by atoms with Gasteiger partial charge in [0.25, 0.3) is 0 Å². The molecule has 0 bridgehead atoms. The highest BCUT2D eigenvalue weighted by molar-refractivity contribution is 7.84. The Bertz CT molecular complexity index is 199. The fourth-order valence-electron chi connectivity index (χ4n) is 2.10. The molecule has 14 heavy (non-hydrogen) atoms. The van der Waals surface area contributed by atoms with Gasteiger partial charge in [0.2, 0.25) is 0 Å². The fourth-order valence-corrected chi connectivity index (χ4v) is 2.91. The maximum atomic E-state index is 11.0. The smallest absolute Gasteiger partial charge is 0.0383 e. The van der Waals surface area contributed by atoms with Crippen LogP contribution in [0.15, 0.2) is 0 Å². The molecule has 3 nitrogen and oxygen atoms in total. The van der Waals surface area contributed by atoms with Gasteiger partial charge in [-0.3, -0.25) is 4.21 Å². The van der Waals surface area contributed by atoms with Gasteiger partial charge in [0.15, 0.2) is 0 Å². The molecule has 1 saturated heterocycles. The van der Waals surface area contributed by atoms with Gasteiger partial charge in [-0.25, -0.2) is 0 Å². The zero-order chi connectivity index (χ0) is 10.6. The van der Waals surface area contributed by atoms with Crippen molar-refractivity contribution in [2.75, 3.05) is 32.1 Å². The van der Waals surface area contributed by atoms with E-state index in [1.165, 1.54) is 19.4 Å². The Balaban J connectivity index is 2.25. The number of hydrogen-bond acceptors (Lipinski definition) is 3. The van der Waals surface area contributed by atoms with Gasteiger partial charge < -0.3 is 10.2 Å². The van der Waals surface area contributed by atoms with E-state index in [0.717, 1.165) is 12.3 Å². The van der Waals surface area contributed by atoms with Crippen molar-refractivity contribution in [3.8, 4) is 0 Å². The Hall–Kier alpha value is 0.0700. The lowest BCUT2D eigenvalue weighted by molar-refractivity contribution is 0.221. The van der Waals surface area contributed by atoms with Crippen LogP contribution in [0.1, 0.15) is 19.8 Å². The van der Waals surface area contributed by atoms with Crippen molar-refractivity contribution in [3.63, 3.8) is 0 Å². The molecule has 1 aliphatic heterocycles. The van der Waals surface area contributed by atoms with Crippen molar-refractivity contribution in [1.82, 2.24) is 10.2 Å². The third-order valence-electron chi connectivity index (χ3n) is 2.63. The van der Waals surface area contributed by atoms with Crippen LogP contribution in [-0.2, 0) is 10.8 Å². The molecule has 4 heteroatoms. The minimum absolute atomic E-state index is 0.373. The van der Waals surface area contributed by atoms with E-state index in [1.54, 1.807) is 6.26 Å². The molecule has 0 saturated carbocycles. The number of nitrogens with zero attached hydrogens (tertiary/aromatic N) is 1. The summed E-state index contributed by atoms with van der Waals surface area (Å²) in [5, 5.41) is 3.55. The maximum absolute atomic E-state index is 11.0. The maximum Gasteiger partial charge on any atom is 0.0383 e. The minimum Gasteiger partial charge on any atom is -0.309 e. The van der Waals surface area contributed by atoms with Crippen LogP contribution in [0.3, 0.4) is 0 Å². The number of likely N-dealkylation sites (N-methyl/N-ethyl adjacent to an activating group) is 1. The van der Waals surface area contributed by atoms with Crippen LogP contribution < -0.4 is 5.32 Å². The summed E-state index contributed by atoms with van der Waals surface area (Å²) in [6.07, 6.45) is 4.30. The average molecular weight is 218 g/mol. The first-order chi connectivity index (χ1) is 6.58. The van der Waals surface area contributed by atoms with Crippen molar-refractivity contribution in [2.45, 2.75) is 31.8 Å². The number of hydrogen-bond donors (Lipinski definition) is 1. The van der Waals surface area contributed by atoms with Crippen LogP contribution in [0, 0.1) is 0 Å². The summed E-state index contributed by atoms with van der Waals surface area (Å²) in [4.78, 5) is 2.36. The molecule has 0 aromatic carbocycles. The van der Waals surface area contributed by atoms with E-state index in [4.69, 9.17) is 0 Å². The van der Waals surface area contributed by atoms with E-state index in [0.29, 0.717) is 12.1 Å². The topological polar surface area (TPSA) is 32.3 Å². The molecule has 3 unspecified atom stereocenters. The van der Waals surface area contributed by atoms with Crippen molar-refractivity contribution >= 4 is 10.8 Å². The second kappa shape index (κ2) is 5.83. The summed E-state index contributed by atoms with van der Waals surface area (Å²) in [5.41, 5.74) is 0. The van der Waals surface area contributed by atoms with Crippen LogP contribution >= 0.6 is 0 Å². The molecule has 0 amide bonds. The van der Waals surface area contributed by atoms with Gasteiger partial charge in [0.05, 0.1) is 0 Å². The molecule has 0 aromatic rings. The van der Waals surface area contributed by atoms with Gasteiger partial charge in [0, 0.05) is 41.4 Å². The second-order valence-corrected chi connectivity index (χ2v) is 5.89. The van der Waals surface area contributed by atoms with Crippen molar-refractivity contribution in [1.29, 1.82) is 0 Å². The highest BCUT2D eigenvalue weighted by Crippen LogP contribution is 2.08. The molecule has 0 aliphatic carbocycles. The van der Waals surface area contributed by atoms with Gasteiger partial charge in [0.1, 0.15) is 0 Å². The first-order valence-corrected chi connectivity index (χ1v) is 7.05. The van der Waals surface area contributed by atoms with Crippen molar-refractivity contribution in [3.05, 3.63) is 0 Å². The first-order valence-electron chi connectivity index (χ1n) is 5.32. The molecule has 84 valence electrons. The quantitative estimate of drug-likeness (QED) is 0.743. The first kappa shape index (κ1) is 12.1. The summed E-state index contributed by atoms with van der Waals surface area (Å²) in [6.45, 7) is 4.46. The predicted molar refractivity (Wildman–Crippen MR) is 62.1 cm³/mol. The van der Waals surface area contributed by atoms with Gasteiger partial charge in [-0.15, -0.1) is 0 Å². The predicted octanol–water partition coefficient (Wildman–Crippen LogP) is 0.437. The standard InChI is InChI=1S/C10H22N2OS/c1-9(8-14(3)13)11-10-5-4-6-12(2)7-10/h9-11H,4-8H2,1-3H3. The Morgan fingerprint density at radius 2 is 2.36 bits per heavy atom. The van der Waals surface area contributed by atoms with Crippen molar-refractivity contribution < 1.29 is 4.21 Å². The molecule has 3 atom stereocenters. The molecule has 1 aliphatic rings. The summed E-state index contributed by atoms with van der Waals surface area (Å²) >= 11 is 0. The SMILES string of the molecule is CC(CS(C)=O)NC1CCCN(C)C1. The molecule has 1 fully saturated rings. The van der Waals surface area contributed by atoms with E-state index in [-0.39, 0.29) is 0 Å². The molecular formula is C10H22N2OS. The van der Waals surface area contributed by atoms with Gasteiger partial charge in [-0.05, 0) is 33.4 Å². The lowest BCUT2D eigenvalue weighted by Crippen LogP contribution is -2.48. The highest BCUT2D eigenvalue weighted by Gasteiger charge is 2.18. The minimum atomic E-state index is -0.685. The zero-order valence-electron chi connectivity index (χ0n) is 9.45. The van der Waals surface area contributed by atoms with Crippen LogP contribution in [0.2, 0.25) is 0 Å². The number of likely N-dealkylation sites (tertiary alicyclic amines) is 1. The summed E-state index contributed by atoms with van der Waals surface area (Å²) < 4.78 is 11.0. The molecule has 1 heterocycles. The molecule has 0 spiro atoms. The van der Waals surface area contributed by atoms with Gasteiger partial charge in [-0.2, -0.15) is 0 Å². The molecule has 0 aromatic heterocycles. The molecule has 1 N–H and O–H groups in total. The third-order valence-corrected chi connectivity index (χ3v) is 3.60. The zero-order valence-corrected chi connectivity index (χ0v) is 10.3. The van der Waals surface area contributed by atoms with E-state index in [9.17, 15) is 4.21 Å². The number of rotatable bonds is 4. The monoisotopic (exact) mass is 218 g/mol. The number of nitrogens with one attached hydrogen (secondary N) is 1. The van der Waals surface area contributed by atoms with Crippen LogP contribution in [-0.4, -0.2) is 53.3 Å². The lowest BCUT2D eigenvalue weighted by atomic mass is 10.1. The van der Waals surface area contributed by atoms with Crippen LogP contribution in [0.5, 0.6) is 0 Å². The fraction of sp³-hybridized carbons (Fsp3) is 1.00. The Labute approximate surface area is 89.7 Å². The van der Waals surface area contributed by atoms with Crippen molar-refractivity contribution in [2.24, 2.45) is 0 Å².